The monoisotopic (exact) mass is 309 g/mol. The first-order chi connectivity index (χ1) is 9.84. The van der Waals surface area contributed by atoms with Crippen LogP contribution in [0.3, 0.4) is 0 Å². The van der Waals surface area contributed by atoms with Crippen LogP contribution in [0.1, 0.15) is 38.2 Å². The molecule has 0 aliphatic carbocycles. The molecule has 5 nitrogen and oxygen atoms in total. The molecule has 1 aromatic carbocycles. The molecule has 6 heteroatoms. The van der Waals surface area contributed by atoms with Crippen LogP contribution in [0, 0.1) is 6.92 Å². The maximum atomic E-state index is 11.4. The van der Waals surface area contributed by atoms with Gasteiger partial charge in [-0.2, -0.15) is 0 Å². The first kappa shape index (κ1) is 16.0. The molecule has 0 bridgehead atoms. The summed E-state index contributed by atoms with van der Waals surface area (Å²) in [5, 5.41) is 0. The second kappa shape index (κ2) is 6.15. The van der Waals surface area contributed by atoms with Gasteiger partial charge in [0, 0.05) is 12.6 Å². The zero-order valence-electron chi connectivity index (χ0n) is 13.0. The highest BCUT2D eigenvalue weighted by atomic mass is 32.2. The predicted octanol–water partition coefficient (Wildman–Crippen LogP) is 2.41. The second-order valence-electron chi connectivity index (χ2n) is 5.49. The molecule has 0 fully saturated rings. The van der Waals surface area contributed by atoms with E-state index in [2.05, 4.69) is 34.2 Å². The smallest absolute Gasteiger partial charge is 0.211 e. The summed E-state index contributed by atoms with van der Waals surface area (Å²) in [5.41, 5.74) is 3.19. The van der Waals surface area contributed by atoms with Gasteiger partial charge in [-0.05, 0) is 51.8 Å². The summed E-state index contributed by atoms with van der Waals surface area (Å²) in [6, 6.07) is 6.53. The lowest BCUT2D eigenvalue weighted by Crippen LogP contribution is -2.27. The van der Waals surface area contributed by atoms with Crippen LogP contribution in [-0.2, 0) is 16.4 Å². The number of hydrogen-bond acceptors (Lipinski definition) is 3. The lowest BCUT2D eigenvalue weighted by Gasteiger charge is -2.10. The minimum absolute atomic E-state index is 0.115. The van der Waals surface area contributed by atoms with Gasteiger partial charge in [0.25, 0.3) is 0 Å². The quantitative estimate of drug-likeness (QED) is 0.891. The van der Waals surface area contributed by atoms with Crippen molar-refractivity contribution < 1.29 is 8.42 Å². The summed E-state index contributed by atoms with van der Waals surface area (Å²) in [6.07, 6.45) is 0.669. The molecular formula is C15H23N3O2S. The summed E-state index contributed by atoms with van der Waals surface area (Å²) in [6.45, 7) is 8.35. The molecular weight excluding hydrogens is 286 g/mol. The normalized spacial score (nSPS) is 12.4. The third-order valence-electron chi connectivity index (χ3n) is 3.56. The van der Waals surface area contributed by atoms with Gasteiger partial charge < -0.3 is 4.57 Å². The molecule has 0 aliphatic heterocycles. The van der Waals surface area contributed by atoms with Crippen molar-refractivity contribution in [3.05, 3.63) is 29.6 Å². The summed E-state index contributed by atoms with van der Waals surface area (Å²) >= 11 is 0. The van der Waals surface area contributed by atoms with Gasteiger partial charge >= 0.3 is 0 Å². The zero-order valence-corrected chi connectivity index (χ0v) is 13.9. The molecule has 116 valence electrons. The minimum atomic E-state index is -3.12. The van der Waals surface area contributed by atoms with Crippen molar-refractivity contribution in [2.75, 3.05) is 12.3 Å². The van der Waals surface area contributed by atoms with Gasteiger partial charge in [-0.15, -0.1) is 0 Å². The van der Waals surface area contributed by atoms with Crippen molar-refractivity contribution >= 4 is 21.1 Å². The van der Waals surface area contributed by atoms with Gasteiger partial charge in [-0.25, -0.2) is 18.1 Å². The van der Waals surface area contributed by atoms with Crippen LogP contribution in [0.4, 0.5) is 0 Å². The summed E-state index contributed by atoms with van der Waals surface area (Å²) in [4.78, 5) is 4.59. The lowest BCUT2D eigenvalue weighted by molar-refractivity contribution is 0.583. The van der Waals surface area contributed by atoms with Crippen LogP contribution >= 0.6 is 0 Å². The molecule has 0 saturated carbocycles. The van der Waals surface area contributed by atoms with Crippen molar-refractivity contribution in [3.8, 4) is 0 Å². The van der Waals surface area contributed by atoms with E-state index < -0.39 is 10.0 Å². The molecule has 0 radical (unpaired) electrons. The number of hydrogen-bond donors (Lipinski definition) is 1. The maximum absolute atomic E-state index is 11.4. The summed E-state index contributed by atoms with van der Waals surface area (Å²) in [5.74, 6) is 1.12. The molecule has 0 amide bonds. The molecule has 21 heavy (non-hydrogen) atoms. The third kappa shape index (κ3) is 3.63. The number of imidazole rings is 1. The molecule has 0 unspecified atom stereocenters. The van der Waals surface area contributed by atoms with Gasteiger partial charge in [0.1, 0.15) is 5.82 Å². The lowest BCUT2D eigenvalue weighted by atomic mass is 10.1. The van der Waals surface area contributed by atoms with E-state index in [1.54, 1.807) is 6.92 Å². The topological polar surface area (TPSA) is 64.0 Å². The highest BCUT2D eigenvalue weighted by Crippen LogP contribution is 2.21. The Balaban J connectivity index is 2.17. The molecule has 1 N–H and O–H groups in total. The van der Waals surface area contributed by atoms with Gasteiger partial charge in [0.15, 0.2) is 0 Å². The van der Waals surface area contributed by atoms with Crippen LogP contribution in [0.5, 0.6) is 0 Å². The average molecular weight is 309 g/mol. The standard InChI is InChI=1S/C15H23N3O2S/c1-5-21(19,20)16-9-8-13-6-7-15-14(10-13)17-12(4)18(15)11(2)3/h6-7,10-11,16H,5,8-9H2,1-4H3. The largest absolute Gasteiger partial charge is 0.326 e. The van der Waals surface area contributed by atoms with Crippen LogP contribution in [-0.4, -0.2) is 30.3 Å². The van der Waals surface area contributed by atoms with E-state index in [1.165, 1.54) is 0 Å². The Morgan fingerprint density at radius 1 is 1.33 bits per heavy atom. The van der Waals surface area contributed by atoms with Gasteiger partial charge in [0.2, 0.25) is 10.0 Å². The molecule has 1 aromatic heterocycles. The highest BCUT2D eigenvalue weighted by Gasteiger charge is 2.11. The molecule has 1 heterocycles. The highest BCUT2D eigenvalue weighted by molar-refractivity contribution is 7.89. The number of aryl methyl sites for hydroxylation is 1. The number of benzene rings is 1. The maximum Gasteiger partial charge on any atom is 0.211 e. The summed E-state index contributed by atoms with van der Waals surface area (Å²) in [7, 11) is -3.12. The van der Waals surface area contributed by atoms with E-state index in [9.17, 15) is 8.42 Å². The second-order valence-corrected chi connectivity index (χ2v) is 7.59. The number of nitrogens with one attached hydrogen (secondary N) is 1. The number of sulfonamides is 1. The van der Waals surface area contributed by atoms with E-state index in [-0.39, 0.29) is 5.75 Å². The van der Waals surface area contributed by atoms with E-state index in [1.807, 2.05) is 19.1 Å². The molecule has 0 spiro atoms. The van der Waals surface area contributed by atoms with Crippen LogP contribution in [0.15, 0.2) is 18.2 Å². The first-order valence-electron chi connectivity index (χ1n) is 7.29. The van der Waals surface area contributed by atoms with Crippen molar-refractivity contribution in [1.82, 2.24) is 14.3 Å². The molecule has 0 atom stereocenters. The molecule has 0 aliphatic rings. The fraction of sp³-hybridized carbons (Fsp3) is 0.533. The Hall–Kier alpha value is -1.40. The van der Waals surface area contributed by atoms with E-state index in [4.69, 9.17) is 0 Å². The van der Waals surface area contributed by atoms with E-state index in [0.717, 1.165) is 22.4 Å². The Bertz CT molecular complexity index is 733. The predicted molar refractivity (Wildman–Crippen MR) is 86.0 cm³/mol. The number of fused-ring (bicyclic) bond motifs is 1. The van der Waals surface area contributed by atoms with Crippen LogP contribution < -0.4 is 4.72 Å². The van der Waals surface area contributed by atoms with Gasteiger partial charge in [-0.1, -0.05) is 6.07 Å². The first-order valence-corrected chi connectivity index (χ1v) is 8.94. The zero-order chi connectivity index (χ0) is 15.6. The molecule has 2 aromatic rings. The fourth-order valence-corrected chi connectivity index (χ4v) is 3.14. The number of aromatic nitrogens is 2. The number of rotatable bonds is 6. The molecule has 0 saturated heterocycles. The fourth-order valence-electron chi connectivity index (χ4n) is 2.53. The Labute approximate surface area is 126 Å². The Kier molecular flexibility index (Phi) is 4.68. The SMILES string of the molecule is CCS(=O)(=O)NCCc1ccc2c(c1)nc(C)n2C(C)C. The summed E-state index contributed by atoms with van der Waals surface area (Å²) < 4.78 is 27.6. The molecule has 2 rings (SSSR count). The average Bonchev–Trinajstić information content (AvgIpc) is 2.73. The van der Waals surface area contributed by atoms with E-state index in [0.29, 0.717) is 19.0 Å². The van der Waals surface area contributed by atoms with Crippen molar-refractivity contribution in [3.63, 3.8) is 0 Å². The Morgan fingerprint density at radius 3 is 2.67 bits per heavy atom. The van der Waals surface area contributed by atoms with Crippen molar-refractivity contribution in [2.24, 2.45) is 0 Å². The third-order valence-corrected chi connectivity index (χ3v) is 4.97. The van der Waals surface area contributed by atoms with E-state index >= 15 is 0 Å². The van der Waals surface area contributed by atoms with Gasteiger partial charge in [0.05, 0.1) is 16.8 Å². The Morgan fingerprint density at radius 2 is 2.05 bits per heavy atom. The van der Waals surface area contributed by atoms with Crippen LogP contribution in [0.25, 0.3) is 11.0 Å². The number of nitrogens with zero attached hydrogens (tertiary/aromatic N) is 2. The van der Waals surface area contributed by atoms with Gasteiger partial charge in [-0.3, -0.25) is 0 Å². The van der Waals surface area contributed by atoms with Crippen molar-refractivity contribution in [2.45, 2.75) is 40.2 Å². The van der Waals surface area contributed by atoms with Crippen molar-refractivity contribution in [1.29, 1.82) is 0 Å². The van der Waals surface area contributed by atoms with Crippen LogP contribution in [0.2, 0.25) is 0 Å². The minimum Gasteiger partial charge on any atom is -0.326 e.